The Morgan fingerprint density at radius 3 is 1.12 bits per heavy atom. The van der Waals surface area contributed by atoms with E-state index in [1.165, 1.54) is 64.0 Å². The number of hydrogen-bond donors (Lipinski definition) is 0. The third kappa shape index (κ3) is 5.61. The quantitative estimate of drug-likeness (QED) is 0.145. The van der Waals surface area contributed by atoms with Crippen LogP contribution in [-0.4, -0.2) is 29.0 Å². The van der Waals surface area contributed by atoms with Crippen LogP contribution < -0.4 is 14.0 Å². The third-order valence-corrected chi connectivity index (χ3v) is 12.6. The van der Waals surface area contributed by atoms with Crippen LogP contribution in [0.4, 0.5) is 0 Å². The molecule has 0 spiro atoms. The number of hydrogen-bond acceptors (Lipinski definition) is 3. The van der Waals surface area contributed by atoms with Crippen LogP contribution in [0.1, 0.15) is 182 Å². The lowest BCUT2D eigenvalue weighted by Gasteiger charge is -2.44. The maximum Gasteiger partial charge on any atom is 0.316 e. The lowest BCUT2D eigenvalue weighted by atomic mass is 9.61. The third-order valence-electron chi connectivity index (χ3n) is 12.6. The molecular weight excluding hydrogens is 727 g/mol. The predicted octanol–water partition coefficient (Wildman–Crippen LogP) is 8.34. The van der Waals surface area contributed by atoms with E-state index in [1.54, 1.807) is 102 Å². The van der Waals surface area contributed by atoms with E-state index in [-0.39, 0.29) is 34.2 Å². The van der Waals surface area contributed by atoms with E-state index in [0.717, 1.165) is 0 Å². The summed E-state index contributed by atoms with van der Waals surface area (Å²) >= 11 is 0. The number of aryl methyl sites for hydroxylation is 6. The molecule has 6 heterocycles. The molecular formula is C50H70N9+3. The number of aromatic nitrogens is 9. The average molecular weight is 824 g/mol. The van der Waals surface area contributed by atoms with E-state index < -0.39 is 94.2 Å². The van der Waals surface area contributed by atoms with Crippen molar-refractivity contribution in [2.75, 3.05) is 0 Å². The van der Waals surface area contributed by atoms with Crippen molar-refractivity contribution in [3.63, 3.8) is 0 Å². The molecule has 9 nitrogen and oxygen atoms in total. The maximum atomic E-state index is 8.33. The first-order valence-corrected chi connectivity index (χ1v) is 19.1. The Labute approximate surface area is 391 Å². The van der Waals surface area contributed by atoms with Crippen LogP contribution in [0.3, 0.4) is 0 Å². The monoisotopic (exact) mass is 824 g/mol. The summed E-state index contributed by atoms with van der Waals surface area (Å²) in [4.78, 5) is 12.8. The van der Waals surface area contributed by atoms with Gasteiger partial charge in [-0.1, -0.05) is 95.9 Å². The van der Waals surface area contributed by atoms with Gasteiger partial charge >= 0.3 is 18.0 Å². The van der Waals surface area contributed by atoms with Gasteiger partial charge in [0.2, 0.25) is 0 Å². The fraction of sp³-hybridized carbons (Fsp3) is 0.520. The van der Waals surface area contributed by atoms with Crippen molar-refractivity contribution >= 4 is 0 Å². The molecule has 0 bridgehead atoms. The van der Waals surface area contributed by atoms with Gasteiger partial charge < -0.3 is 0 Å². The number of nitrogens with zero attached hydrogens (tertiary/aromatic N) is 9. The molecule has 3 aliphatic rings. The van der Waals surface area contributed by atoms with E-state index in [9.17, 15) is 0 Å². The first-order valence-electron chi connectivity index (χ1n) is 32.6. The van der Waals surface area contributed by atoms with Gasteiger partial charge in [-0.3, -0.25) is 0 Å². The molecule has 9 heteroatoms. The molecule has 3 aliphatic heterocycles. The van der Waals surface area contributed by atoms with E-state index >= 15 is 0 Å². The van der Waals surface area contributed by atoms with Crippen molar-refractivity contribution in [3.8, 4) is 17.1 Å². The van der Waals surface area contributed by atoms with E-state index in [2.05, 4.69) is 15.0 Å². The van der Waals surface area contributed by atoms with Crippen LogP contribution >= 0.6 is 0 Å². The standard InChI is InChI=1S/2C17H24N3.C16H22N3/c2*1-11-9-8-10-13-14(11)20-15(18-12(2)19(20)7)17(5,6)16(13,3)4;1-11-8-7-9-12-13(11)19-14(17-10-18(19)6)16(4,5)15(12,2)3/h2*8-10H,1-7H3;7-10H,1-6H3/q3*+1/i2*3D3,5D3,6D3;2D3,4D3,5D3. The first kappa shape index (κ1) is 20.1. The lowest BCUT2D eigenvalue weighted by molar-refractivity contribution is -0.751. The molecule has 312 valence electrons. The van der Waals surface area contributed by atoms with Crippen LogP contribution in [0, 0.1) is 34.6 Å². The van der Waals surface area contributed by atoms with Gasteiger partial charge in [0.1, 0.15) is 21.1 Å². The van der Waals surface area contributed by atoms with Crippen molar-refractivity contribution in [1.82, 2.24) is 29.0 Å². The second kappa shape index (κ2) is 13.3. The van der Waals surface area contributed by atoms with E-state index in [1.807, 2.05) is 0 Å². The molecule has 9 rings (SSSR count). The van der Waals surface area contributed by atoms with Crippen LogP contribution in [0.15, 0.2) is 60.9 Å². The van der Waals surface area contributed by atoms with Gasteiger partial charge in [-0.05, 0) is 110 Å². The highest BCUT2D eigenvalue weighted by molar-refractivity contribution is 5.57. The normalized spacial score (nSPS) is 32.2. The van der Waals surface area contributed by atoms with Gasteiger partial charge in [0.05, 0.1) is 33.3 Å². The summed E-state index contributed by atoms with van der Waals surface area (Å²) in [6.07, 6.45) is 1.31. The van der Waals surface area contributed by atoms with Gasteiger partial charge in [0.25, 0.3) is 17.5 Å². The van der Waals surface area contributed by atoms with Gasteiger partial charge in [-0.2, -0.15) is 14.0 Å². The maximum absolute atomic E-state index is 8.33. The molecule has 0 radical (unpaired) electrons. The largest absolute Gasteiger partial charge is 0.316 e. The molecule has 0 saturated heterocycles. The molecule has 3 unspecified atom stereocenters. The zero-order valence-electron chi connectivity index (χ0n) is 62.3. The minimum absolute atomic E-state index is 0.154. The topological polar surface area (TPSA) is 65.1 Å². The van der Waals surface area contributed by atoms with Crippen molar-refractivity contribution in [2.45, 2.75) is 150 Å². The molecule has 0 saturated carbocycles. The van der Waals surface area contributed by atoms with Gasteiger partial charge in [-0.15, -0.1) is 14.0 Å². The first-order chi connectivity index (χ1) is 38.4. The minimum atomic E-state index is -3.19. The van der Waals surface area contributed by atoms with Crippen LogP contribution in [0.2, 0.25) is 0 Å². The van der Waals surface area contributed by atoms with Crippen LogP contribution in [-0.2, 0) is 53.6 Å². The number of para-hydroxylation sites is 3. The van der Waals surface area contributed by atoms with Gasteiger partial charge in [0.15, 0.2) is 0 Å². The molecule has 6 aromatic rings. The Bertz CT molecular complexity index is 3450. The molecule has 0 aliphatic carbocycles. The summed E-state index contributed by atoms with van der Waals surface area (Å²) in [5.41, 5.74) is -11.1. The van der Waals surface area contributed by atoms with Crippen LogP contribution in [0.5, 0.6) is 0 Å². The second-order valence-electron chi connectivity index (χ2n) is 16.6. The number of benzene rings is 3. The Morgan fingerprint density at radius 2 is 0.780 bits per heavy atom. The molecule has 3 aromatic heterocycles. The second-order valence-corrected chi connectivity index (χ2v) is 16.6. The summed E-state index contributed by atoms with van der Waals surface area (Å²) < 4.78 is 233. The molecule has 0 N–H and O–H groups in total. The zero-order chi connectivity index (χ0) is 66.2. The van der Waals surface area contributed by atoms with Gasteiger partial charge in [-0.25, -0.2) is 0 Å². The average Bonchev–Trinajstić information content (AvgIpc) is 1.13. The Hall–Kier alpha value is -4.92. The number of rotatable bonds is 0. The van der Waals surface area contributed by atoms with E-state index in [4.69, 9.17) is 37.0 Å². The molecule has 0 fully saturated rings. The molecule has 3 atom stereocenters. The Morgan fingerprint density at radius 1 is 0.458 bits per heavy atom. The fourth-order valence-electron chi connectivity index (χ4n) is 8.34. The molecule has 59 heavy (non-hydrogen) atoms. The van der Waals surface area contributed by atoms with Crippen molar-refractivity contribution in [1.29, 1.82) is 0 Å². The smallest absolute Gasteiger partial charge is 0.154 e. The van der Waals surface area contributed by atoms with E-state index in [0.29, 0.717) is 45.4 Å². The highest BCUT2D eigenvalue weighted by Crippen LogP contribution is 2.51. The fourth-order valence-corrected chi connectivity index (χ4v) is 8.34. The molecule has 0 amide bonds. The summed E-state index contributed by atoms with van der Waals surface area (Å²) in [5.74, 6) is -0.102. The molecule has 3 aromatic carbocycles. The minimum Gasteiger partial charge on any atom is -0.154 e. The summed E-state index contributed by atoms with van der Waals surface area (Å²) in [6, 6.07) is 14.7. The Balaban J connectivity index is 0.000000185. The highest BCUT2D eigenvalue weighted by Gasteiger charge is 2.55. The van der Waals surface area contributed by atoms with Crippen molar-refractivity contribution in [2.24, 2.45) is 21.1 Å². The van der Waals surface area contributed by atoms with Crippen LogP contribution in [0.25, 0.3) is 17.1 Å². The van der Waals surface area contributed by atoms with Crippen molar-refractivity contribution in [3.05, 3.63) is 123 Å². The predicted molar refractivity (Wildman–Crippen MR) is 236 cm³/mol. The SMILES string of the molecule is [2H]C([2H])([2H])C1(C)c2cccc(C)c2-n2c(nc(C)[n+]2C)C1(C([2H])([2H])[2H])C([2H])([2H])[2H].[2H]C([2H])([2H])C1(C)c2cccc(C)c2-n2c(nc(C)[n+]2C)C1(C([2H])([2H])[2H])C([2H])([2H])[2H].[2H]C([2H])([2H])C1(C)c2cccc(C)c2-n2c(nc[n+]2C)C1(C([2H])([2H])[2H])C([2H])([2H])[2H]. The summed E-state index contributed by atoms with van der Waals surface area (Å²) in [5, 5.41) is 0. The van der Waals surface area contributed by atoms with Gasteiger partial charge in [0, 0.05) is 67.1 Å². The lowest BCUT2D eigenvalue weighted by Crippen LogP contribution is -2.51. The number of fused-ring (bicyclic) bond motifs is 9. The summed E-state index contributed by atoms with van der Waals surface area (Å²) in [7, 11) is 4.89. The van der Waals surface area contributed by atoms with Crippen molar-refractivity contribution < 1.29 is 51.1 Å². The Kier molecular flexibility index (Phi) is 4.53. The zero-order valence-corrected chi connectivity index (χ0v) is 35.3. The summed E-state index contributed by atoms with van der Waals surface area (Å²) in [6.45, 7) is -15.7. The highest BCUT2D eigenvalue weighted by atomic mass is 15.5.